The van der Waals surface area contributed by atoms with Crippen LogP contribution in [0.3, 0.4) is 0 Å². The zero-order chi connectivity index (χ0) is 19.1. The van der Waals surface area contributed by atoms with E-state index in [1.165, 1.54) is 30.8 Å². The van der Waals surface area contributed by atoms with Gasteiger partial charge in [-0.05, 0) is 25.2 Å². The van der Waals surface area contributed by atoms with Crippen LogP contribution in [-0.4, -0.2) is 58.3 Å². The van der Waals surface area contributed by atoms with Crippen molar-refractivity contribution in [2.24, 2.45) is 18.9 Å². The summed E-state index contributed by atoms with van der Waals surface area (Å²) in [4.78, 5) is 26.2. The molecule has 3 atom stereocenters. The van der Waals surface area contributed by atoms with Gasteiger partial charge in [0, 0.05) is 38.8 Å². The summed E-state index contributed by atoms with van der Waals surface area (Å²) in [6.45, 7) is 1.57. The van der Waals surface area contributed by atoms with Crippen molar-refractivity contribution in [3.05, 3.63) is 17.5 Å². The number of likely N-dealkylation sites (tertiary alicyclic amines) is 1. The number of fused-ring (bicyclic) bond motifs is 1. The van der Waals surface area contributed by atoms with Gasteiger partial charge in [0.05, 0.1) is 24.2 Å². The number of carbonyl (C=O) groups excluding carboxylic acids is 2. The molecule has 0 radical (unpaired) electrons. The van der Waals surface area contributed by atoms with Crippen molar-refractivity contribution < 1.29 is 23.1 Å². The highest BCUT2D eigenvalue weighted by Gasteiger charge is 2.44. The third kappa shape index (κ3) is 3.97. The fourth-order valence-electron chi connectivity index (χ4n) is 4.02. The van der Waals surface area contributed by atoms with E-state index in [0.29, 0.717) is 31.8 Å². The number of alkyl halides is 2. The molecule has 3 heterocycles. The number of nitrogens with one attached hydrogen (secondary N) is 1. The number of hydrogen-bond donors (Lipinski definition) is 1. The quantitative estimate of drug-likeness (QED) is 0.809. The van der Waals surface area contributed by atoms with E-state index in [4.69, 9.17) is 4.74 Å². The van der Waals surface area contributed by atoms with E-state index < -0.39 is 18.0 Å². The van der Waals surface area contributed by atoms with Crippen molar-refractivity contribution in [1.82, 2.24) is 20.0 Å². The van der Waals surface area contributed by atoms with Gasteiger partial charge < -0.3 is 15.0 Å². The number of hydrogen-bond acceptors (Lipinski definition) is 4. The SMILES string of the molecule is Cn1cc(C(=O)N2C[C@@H]3C[C@@H](CC(=O)NCC4CC4)O[C@@H]3C2)c(C(F)F)n1. The molecule has 2 amide bonds. The van der Waals surface area contributed by atoms with Crippen LogP contribution < -0.4 is 5.32 Å². The van der Waals surface area contributed by atoms with Crippen LogP contribution in [0.1, 0.15) is 48.2 Å². The Kier molecular flexibility index (Phi) is 4.88. The van der Waals surface area contributed by atoms with Crippen LogP contribution in [0, 0.1) is 11.8 Å². The van der Waals surface area contributed by atoms with Gasteiger partial charge in [-0.25, -0.2) is 8.78 Å². The van der Waals surface area contributed by atoms with Crippen molar-refractivity contribution in [3.8, 4) is 0 Å². The molecule has 1 aromatic rings. The maximum absolute atomic E-state index is 13.1. The summed E-state index contributed by atoms with van der Waals surface area (Å²) in [6, 6.07) is 0. The summed E-state index contributed by atoms with van der Waals surface area (Å²) >= 11 is 0. The molecule has 1 N–H and O–H groups in total. The van der Waals surface area contributed by atoms with Crippen molar-refractivity contribution in [2.75, 3.05) is 19.6 Å². The van der Waals surface area contributed by atoms with Crippen molar-refractivity contribution >= 4 is 11.8 Å². The molecule has 0 bridgehead atoms. The van der Waals surface area contributed by atoms with Crippen LogP contribution in [0.25, 0.3) is 0 Å². The number of amides is 2. The van der Waals surface area contributed by atoms with Gasteiger partial charge in [0.2, 0.25) is 5.91 Å². The van der Waals surface area contributed by atoms with Gasteiger partial charge in [0.1, 0.15) is 5.69 Å². The Hall–Kier alpha value is -2.03. The molecule has 9 heteroatoms. The van der Waals surface area contributed by atoms with Gasteiger partial charge in [-0.1, -0.05) is 0 Å². The number of aromatic nitrogens is 2. The Balaban J connectivity index is 1.30. The Morgan fingerprint density at radius 2 is 2.15 bits per heavy atom. The Morgan fingerprint density at radius 1 is 1.37 bits per heavy atom. The van der Waals surface area contributed by atoms with Crippen LogP contribution in [0.15, 0.2) is 6.20 Å². The van der Waals surface area contributed by atoms with Crippen LogP contribution >= 0.6 is 0 Å². The molecule has 4 rings (SSSR count). The number of carbonyl (C=O) groups is 2. The summed E-state index contributed by atoms with van der Waals surface area (Å²) in [7, 11) is 1.52. The maximum atomic E-state index is 13.1. The number of halogens is 2. The van der Waals surface area contributed by atoms with Gasteiger partial charge in [0.25, 0.3) is 12.3 Å². The standard InChI is InChI=1S/C18H24F2N4O3/c1-23-8-13(16(22-23)17(19)20)18(26)24-7-11-4-12(27-14(11)9-24)5-15(25)21-6-10-2-3-10/h8,10-12,14,17H,2-7,9H2,1H3,(H,21,25)/t11-,12-,14+/m0/s1. The fraction of sp³-hybridized carbons (Fsp3) is 0.722. The molecular formula is C18H24F2N4O3. The van der Waals surface area contributed by atoms with Crippen LogP contribution in [0.5, 0.6) is 0 Å². The maximum Gasteiger partial charge on any atom is 0.282 e. The average Bonchev–Trinajstić information content (AvgIpc) is 3.05. The first kappa shape index (κ1) is 18.3. The highest BCUT2D eigenvalue weighted by atomic mass is 19.3. The summed E-state index contributed by atoms with van der Waals surface area (Å²) in [5, 5.41) is 6.64. The summed E-state index contributed by atoms with van der Waals surface area (Å²) in [6.07, 6.45) is 1.71. The van der Waals surface area contributed by atoms with E-state index in [1.54, 1.807) is 4.90 Å². The average molecular weight is 382 g/mol. The molecule has 7 nitrogen and oxygen atoms in total. The molecule has 0 aromatic carbocycles. The Labute approximate surface area is 156 Å². The van der Waals surface area contributed by atoms with Gasteiger partial charge in [0.15, 0.2) is 0 Å². The Bertz CT molecular complexity index is 720. The third-order valence-corrected chi connectivity index (χ3v) is 5.59. The molecule has 2 saturated heterocycles. The van der Waals surface area contributed by atoms with E-state index in [2.05, 4.69) is 10.4 Å². The van der Waals surface area contributed by atoms with Crippen molar-refractivity contribution in [3.63, 3.8) is 0 Å². The lowest BCUT2D eigenvalue weighted by atomic mass is 10.0. The smallest absolute Gasteiger partial charge is 0.282 e. The van der Waals surface area contributed by atoms with E-state index >= 15 is 0 Å². The topological polar surface area (TPSA) is 76.5 Å². The van der Waals surface area contributed by atoms with Crippen molar-refractivity contribution in [2.45, 2.75) is 44.3 Å². The molecule has 1 aliphatic carbocycles. The highest BCUT2D eigenvalue weighted by Crippen LogP contribution is 2.35. The van der Waals surface area contributed by atoms with Crippen molar-refractivity contribution in [1.29, 1.82) is 0 Å². The van der Waals surface area contributed by atoms with Gasteiger partial charge in [-0.15, -0.1) is 0 Å². The number of ether oxygens (including phenoxy) is 1. The van der Waals surface area contributed by atoms with E-state index in [9.17, 15) is 18.4 Å². The lowest BCUT2D eigenvalue weighted by Crippen LogP contribution is -2.33. The number of rotatable bonds is 6. The van der Waals surface area contributed by atoms with E-state index in [0.717, 1.165) is 6.54 Å². The fourth-order valence-corrected chi connectivity index (χ4v) is 4.02. The molecular weight excluding hydrogens is 358 g/mol. The minimum atomic E-state index is -2.79. The minimum Gasteiger partial charge on any atom is -0.372 e. The number of nitrogens with zero attached hydrogens (tertiary/aromatic N) is 3. The predicted octanol–water partition coefficient (Wildman–Crippen LogP) is 1.50. The monoisotopic (exact) mass is 382 g/mol. The van der Waals surface area contributed by atoms with E-state index in [-0.39, 0.29) is 29.6 Å². The first-order valence-corrected chi connectivity index (χ1v) is 9.43. The predicted molar refractivity (Wildman–Crippen MR) is 91.2 cm³/mol. The van der Waals surface area contributed by atoms with E-state index in [1.807, 2.05) is 0 Å². The first-order chi connectivity index (χ1) is 12.9. The number of aryl methyl sites for hydroxylation is 1. The second-order valence-electron chi connectivity index (χ2n) is 7.86. The largest absolute Gasteiger partial charge is 0.372 e. The van der Waals surface area contributed by atoms with Gasteiger partial charge >= 0.3 is 0 Å². The molecule has 2 aliphatic heterocycles. The lowest BCUT2D eigenvalue weighted by molar-refractivity contribution is -0.123. The second-order valence-corrected chi connectivity index (χ2v) is 7.86. The molecule has 27 heavy (non-hydrogen) atoms. The second kappa shape index (κ2) is 7.18. The molecule has 3 aliphatic rings. The summed E-state index contributed by atoms with van der Waals surface area (Å²) < 4.78 is 33.4. The van der Waals surface area contributed by atoms with Crippen LogP contribution in [0.2, 0.25) is 0 Å². The van der Waals surface area contributed by atoms with Crippen LogP contribution in [-0.2, 0) is 16.6 Å². The minimum absolute atomic E-state index is 0.0109. The lowest BCUT2D eigenvalue weighted by Gasteiger charge is -2.19. The molecule has 3 fully saturated rings. The zero-order valence-corrected chi connectivity index (χ0v) is 15.2. The Morgan fingerprint density at radius 3 is 2.81 bits per heavy atom. The molecule has 1 saturated carbocycles. The molecule has 148 valence electrons. The molecule has 0 spiro atoms. The summed E-state index contributed by atoms with van der Waals surface area (Å²) in [5.41, 5.74) is -0.533. The first-order valence-electron chi connectivity index (χ1n) is 9.43. The highest BCUT2D eigenvalue weighted by molar-refractivity contribution is 5.95. The van der Waals surface area contributed by atoms with Gasteiger partial charge in [-0.3, -0.25) is 14.3 Å². The molecule has 0 unspecified atom stereocenters. The van der Waals surface area contributed by atoms with Crippen LogP contribution in [0.4, 0.5) is 8.78 Å². The third-order valence-electron chi connectivity index (χ3n) is 5.59. The summed E-state index contributed by atoms with van der Waals surface area (Å²) in [5.74, 6) is 0.358. The molecule has 1 aromatic heterocycles. The van der Waals surface area contributed by atoms with Gasteiger partial charge in [-0.2, -0.15) is 5.10 Å². The normalized spacial score (nSPS) is 27.3. The zero-order valence-electron chi connectivity index (χ0n) is 15.2.